The van der Waals surface area contributed by atoms with E-state index in [1.165, 1.54) is 0 Å². The van der Waals surface area contributed by atoms with Gasteiger partial charge in [0.1, 0.15) is 11.6 Å². The summed E-state index contributed by atoms with van der Waals surface area (Å²) in [7, 11) is 0. The van der Waals surface area contributed by atoms with Gasteiger partial charge in [0, 0.05) is 17.7 Å². The first kappa shape index (κ1) is 13.6. The summed E-state index contributed by atoms with van der Waals surface area (Å²) in [6.45, 7) is 0. The molecule has 1 fully saturated rings. The summed E-state index contributed by atoms with van der Waals surface area (Å²) in [6.07, 6.45) is 2.30. The van der Waals surface area contributed by atoms with Crippen molar-refractivity contribution in [2.75, 3.05) is 5.32 Å². The molecule has 0 bridgehead atoms. The van der Waals surface area contributed by atoms with Crippen LogP contribution < -0.4 is 5.32 Å². The number of hydrogen-bond acceptors (Lipinski definition) is 4. The van der Waals surface area contributed by atoms with E-state index in [9.17, 15) is 4.39 Å². The Kier molecular flexibility index (Phi) is 3.52. The van der Waals surface area contributed by atoms with Crippen LogP contribution in [0.4, 0.5) is 16.0 Å². The highest BCUT2D eigenvalue weighted by atomic mass is 127. The minimum atomic E-state index is -0.609. The van der Waals surface area contributed by atoms with Gasteiger partial charge in [-0.2, -0.15) is 10.4 Å². The van der Waals surface area contributed by atoms with Crippen molar-refractivity contribution in [2.24, 2.45) is 0 Å². The summed E-state index contributed by atoms with van der Waals surface area (Å²) in [6, 6.07) is 3.66. The highest BCUT2D eigenvalue weighted by Gasteiger charge is 2.26. The van der Waals surface area contributed by atoms with Gasteiger partial charge in [0.2, 0.25) is 0 Å². The van der Waals surface area contributed by atoms with E-state index in [1.807, 2.05) is 12.1 Å². The van der Waals surface area contributed by atoms with Gasteiger partial charge in [-0.05, 0) is 35.4 Å². The molecule has 0 saturated heterocycles. The van der Waals surface area contributed by atoms with Gasteiger partial charge in [0.15, 0.2) is 22.6 Å². The third kappa shape index (κ3) is 2.45. The Morgan fingerprint density at radius 3 is 2.95 bits per heavy atom. The van der Waals surface area contributed by atoms with Gasteiger partial charge in [-0.1, -0.05) is 11.6 Å². The summed E-state index contributed by atoms with van der Waals surface area (Å²) in [5.41, 5.74) is 1.07. The fraction of sp³-hybridized carbons (Fsp3) is 0.250. The van der Waals surface area contributed by atoms with Crippen molar-refractivity contribution < 1.29 is 4.39 Å². The van der Waals surface area contributed by atoms with Crippen molar-refractivity contribution >= 4 is 45.8 Å². The summed E-state index contributed by atoms with van der Waals surface area (Å²) in [4.78, 5) is 3.87. The molecule has 102 valence electrons. The van der Waals surface area contributed by atoms with Crippen molar-refractivity contribution in [3.63, 3.8) is 0 Å². The number of rotatable bonds is 3. The van der Waals surface area contributed by atoms with E-state index in [4.69, 9.17) is 16.9 Å². The molecule has 1 aliphatic rings. The monoisotopic (exact) mass is 403 g/mol. The molecule has 8 heteroatoms. The number of aromatic nitrogens is 3. The number of pyridine rings is 1. The number of nitrogens with zero attached hydrogens (tertiary/aromatic N) is 3. The number of nitrogens with one attached hydrogen (secondary N) is 2. The molecule has 0 unspecified atom stereocenters. The van der Waals surface area contributed by atoms with Gasteiger partial charge in [-0.3, -0.25) is 5.10 Å². The molecule has 3 rings (SSSR count). The van der Waals surface area contributed by atoms with Crippen LogP contribution in [0, 0.1) is 20.7 Å². The molecule has 2 heterocycles. The quantitative estimate of drug-likeness (QED) is 0.605. The van der Waals surface area contributed by atoms with E-state index < -0.39 is 5.82 Å². The van der Waals surface area contributed by atoms with Gasteiger partial charge in [-0.15, -0.1) is 0 Å². The Bertz CT molecular complexity index is 719. The molecule has 0 aliphatic heterocycles. The van der Waals surface area contributed by atoms with Gasteiger partial charge in [0.05, 0.1) is 3.57 Å². The van der Waals surface area contributed by atoms with E-state index >= 15 is 0 Å². The predicted octanol–water partition coefficient (Wildman–Crippen LogP) is 3.69. The second-order valence-corrected chi connectivity index (χ2v) is 5.91. The molecule has 0 aromatic carbocycles. The lowest BCUT2D eigenvalue weighted by atomic mass is 10.3. The SMILES string of the molecule is N#Cc1c(Cl)nc(Nc2cc(C3CC3)[nH]n2)c(F)c1I. The van der Waals surface area contributed by atoms with E-state index in [0.717, 1.165) is 18.5 Å². The van der Waals surface area contributed by atoms with Gasteiger partial charge in [-0.25, -0.2) is 9.37 Å². The van der Waals surface area contributed by atoms with Crippen molar-refractivity contribution in [3.8, 4) is 6.07 Å². The first-order chi connectivity index (χ1) is 9.60. The Hall–Kier alpha value is -1.40. The third-order valence-corrected chi connectivity index (χ3v) is 4.30. The summed E-state index contributed by atoms with van der Waals surface area (Å²) >= 11 is 7.60. The smallest absolute Gasteiger partial charge is 0.180 e. The molecular formula is C12H8ClFIN5. The van der Waals surface area contributed by atoms with Crippen molar-refractivity contribution in [1.29, 1.82) is 5.26 Å². The number of aromatic amines is 1. The van der Waals surface area contributed by atoms with Crippen LogP contribution >= 0.6 is 34.2 Å². The molecule has 0 spiro atoms. The summed E-state index contributed by atoms with van der Waals surface area (Å²) in [5, 5.41) is 18.6. The molecule has 1 saturated carbocycles. The summed E-state index contributed by atoms with van der Waals surface area (Å²) < 4.78 is 14.3. The molecule has 20 heavy (non-hydrogen) atoms. The van der Waals surface area contributed by atoms with Crippen LogP contribution in [0.15, 0.2) is 6.07 Å². The van der Waals surface area contributed by atoms with E-state index in [-0.39, 0.29) is 20.1 Å². The molecule has 0 amide bonds. The first-order valence-electron chi connectivity index (χ1n) is 5.87. The molecule has 2 aromatic rings. The van der Waals surface area contributed by atoms with E-state index in [2.05, 4.69) is 20.5 Å². The molecule has 2 N–H and O–H groups in total. The zero-order valence-corrected chi connectivity index (χ0v) is 13.0. The first-order valence-corrected chi connectivity index (χ1v) is 7.32. The number of hydrogen-bond donors (Lipinski definition) is 2. The van der Waals surface area contributed by atoms with Gasteiger partial charge >= 0.3 is 0 Å². The van der Waals surface area contributed by atoms with E-state index in [0.29, 0.717) is 11.7 Å². The maximum absolute atomic E-state index is 14.1. The average molecular weight is 404 g/mol. The van der Waals surface area contributed by atoms with Crippen molar-refractivity contribution in [2.45, 2.75) is 18.8 Å². The number of H-pyrrole nitrogens is 1. The molecule has 1 aliphatic carbocycles. The minimum Gasteiger partial charge on any atom is -0.321 e. The maximum atomic E-state index is 14.1. The number of nitriles is 1. The Morgan fingerprint density at radius 1 is 1.55 bits per heavy atom. The van der Waals surface area contributed by atoms with E-state index in [1.54, 1.807) is 22.6 Å². The van der Waals surface area contributed by atoms with Crippen LogP contribution in [0.1, 0.15) is 30.0 Å². The lowest BCUT2D eigenvalue weighted by Crippen LogP contribution is -2.02. The Balaban J connectivity index is 1.92. The Labute approximate surface area is 132 Å². The fourth-order valence-electron chi connectivity index (χ4n) is 1.81. The zero-order chi connectivity index (χ0) is 14.3. The number of anilines is 2. The largest absolute Gasteiger partial charge is 0.321 e. The molecule has 2 aromatic heterocycles. The normalized spacial score (nSPS) is 14.1. The number of halogens is 3. The minimum absolute atomic E-state index is 0.0289. The highest BCUT2D eigenvalue weighted by molar-refractivity contribution is 14.1. The highest BCUT2D eigenvalue weighted by Crippen LogP contribution is 2.39. The Morgan fingerprint density at radius 2 is 2.30 bits per heavy atom. The van der Waals surface area contributed by atoms with Crippen LogP contribution in [-0.4, -0.2) is 15.2 Å². The topological polar surface area (TPSA) is 77.4 Å². The second kappa shape index (κ2) is 5.18. The fourth-order valence-corrected chi connectivity index (χ4v) is 2.82. The summed E-state index contributed by atoms with van der Waals surface area (Å²) in [5.74, 6) is 0.366. The third-order valence-electron chi connectivity index (χ3n) is 3.01. The molecule has 5 nitrogen and oxygen atoms in total. The van der Waals surface area contributed by atoms with Crippen molar-refractivity contribution in [3.05, 3.63) is 31.9 Å². The van der Waals surface area contributed by atoms with Crippen LogP contribution in [0.5, 0.6) is 0 Å². The van der Waals surface area contributed by atoms with Crippen LogP contribution in [0.3, 0.4) is 0 Å². The molecule has 0 atom stereocenters. The van der Waals surface area contributed by atoms with Crippen LogP contribution in [-0.2, 0) is 0 Å². The van der Waals surface area contributed by atoms with Crippen LogP contribution in [0.25, 0.3) is 0 Å². The molecule has 0 radical (unpaired) electrons. The average Bonchev–Trinajstić information content (AvgIpc) is 3.17. The standard InChI is InChI=1S/C12H8ClFIN5/c13-11-6(4-16)10(15)9(14)12(18-11)17-8-3-7(19-20-8)5-1-2-5/h3,5H,1-2H2,(H2,17,18,19,20). The van der Waals surface area contributed by atoms with Crippen LogP contribution in [0.2, 0.25) is 5.15 Å². The van der Waals surface area contributed by atoms with Crippen molar-refractivity contribution in [1.82, 2.24) is 15.2 Å². The lowest BCUT2D eigenvalue weighted by molar-refractivity contribution is 0.618. The van der Waals surface area contributed by atoms with Gasteiger partial charge in [0.25, 0.3) is 0 Å². The predicted molar refractivity (Wildman–Crippen MR) is 80.5 cm³/mol. The lowest BCUT2D eigenvalue weighted by Gasteiger charge is -2.07. The maximum Gasteiger partial charge on any atom is 0.180 e. The van der Waals surface area contributed by atoms with Gasteiger partial charge < -0.3 is 5.32 Å². The second-order valence-electron chi connectivity index (χ2n) is 4.47. The molecular weight excluding hydrogens is 396 g/mol. The zero-order valence-electron chi connectivity index (χ0n) is 10.0.